The minimum Gasteiger partial charge on any atom is -0.409 e. The summed E-state index contributed by atoms with van der Waals surface area (Å²) in [6.07, 6.45) is 0. The Hall–Kier alpha value is -1.85. The third-order valence-electron chi connectivity index (χ3n) is 2.97. The molecule has 0 fully saturated rings. The molecule has 5 heteroatoms. The molecule has 0 unspecified atom stereocenters. The molecule has 0 aliphatic carbocycles. The summed E-state index contributed by atoms with van der Waals surface area (Å²) < 4.78 is 0. The normalized spacial score (nSPS) is 11.7. The maximum absolute atomic E-state index is 8.65. The van der Waals surface area contributed by atoms with Crippen molar-refractivity contribution in [3.8, 4) is 0 Å². The lowest BCUT2D eigenvalue weighted by Crippen LogP contribution is -2.15. The Kier molecular flexibility index (Phi) is 4.54. The third kappa shape index (κ3) is 3.56. The second-order valence-electron chi connectivity index (χ2n) is 4.36. The van der Waals surface area contributed by atoms with Crippen LogP contribution in [0, 0.1) is 6.92 Å². The van der Waals surface area contributed by atoms with Gasteiger partial charge in [0.05, 0.1) is 0 Å². The molecule has 4 N–H and O–H groups in total. The Morgan fingerprint density at radius 3 is 2.84 bits per heavy atom. The Labute approximate surface area is 116 Å². The average molecular weight is 275 g/mol. The van der Waals surface area contributed by atoms with Crippen LogP contribution in [0.25, 0.3) is 0 Å². The number of nitrogens with zero attached hydrogens (tertiary/aromatic N) is 1. The van der Waals surface area contributed by atoms with E-state index in [1.165, 1.54) is 11.1 Å². The van der Waals surface area contributed by atoms with Gasteiger partial charge >= 0.3 is 0 Å². The van der Waals surface area contributed by atoms with Gasteiger partial charge in [0.15, 0.2) is 5.84 Å². The van der Waals surface area contributed by atoms with Crippen LogP contribution in [0.15, 0.2) is 40.2 Å². The van der Waals surface area contributed by atoms with Crippen molar-refractivity contribution in [3.63, 3.8) is 0 Å². The number of benzene rings is 1. The zero-order valence-corrected chi connectivity index (χ0v) is 11.6. The fourth-order valence-corrected chi connectivity index (χ4v) is 2.51. The van der Waals surface area contributed by atoms with Crippen LogP contribution in [0.3, 0.4) is 0 Å². The van der Waals surface area contributed by atoms with Gasteiger partial charge in [0.1, 0.15) is 0 Å². The largest absolute Gasteiger partial charge is 0.409 e. The lowest BCUT2D eigenvalue weighted by Gasteiger charge is -2.09. The maximum atomic E-state index is 8.65. The molecule has 0 spiro atoms. The van der Waals surface area contributed by atoms with Gasteiger partial charge in [0.25, 0.3) is 0 Å². The highest BCUT2D eigenvalue weighted by atomic mass is 32.1. The molecule has 1 aromatic carbocycles. The van der Waals surface area contributed by atoms with Crippen molar-refractivity contribution in [2.24, 2.45) is 10.9 Å². The van der Waals surface area contributed by atoms with E-state index in [0.717, 1.165) is 24.2 Å². The van der Waals surface area contributed by atoms with Crippen LogP contribution >= 0.6 is 11.3 Å². The summed E-state index contributed by atoms with van der Waals surface area (Å²) >= 11 is 1.71. The number of nitrogens with one attached hydrogen (secondary N) is 1. The van der Waals surface area contributed by atoms with E-state index in [4.69, 9.17) is 10.9 Å². The zero-order chi connectivity index (χ0) is 13.7. The smallest absolute Gasteiger partial charge is 0.170 e. The number of amidine groups is 1. The summed E-state index contributed by atoms with van der Waals surface area (Å²) in [6, 6.07) is 7.91. The Morgan fingerprint density at radius 1 is 1.37 bits per heavy atom. The quantitative estimate of drug-likeness (QED) is 0.340. The van der Waals surface area contributed by atoms with Gasteiger partial charge < -0.3 is 16.3 Å². The molecule has 1 heterocycles. The number of hydrogen-bond acceptors (Lipinski definition) is 4. The zero-order valence-electron chi connectivity index (χ0n) is 10.8. The molecule has 2 aromatic rings. The first-order chi connectivity index (χ1) is 9.20. The Bertz CT molecular complexity index is 564. The van der Waals surface area contributed by atoms with Crippen LogP contribution in [0.1, 0.15) is 22.3 Å². The van der Waals surface area contributed by atoms with E-state index in [9.17, 15) is 0 Å². The standard InChI is InChI=1S/C14H17N3OS/c1-10-6-12(14(15)17-18)2-3-13(10)8-16-7-11-4-5-19-9-11/h2-6,9,16,18H,7-8H2,1H3,(H2,15,17). The first-order valence-corrected chi connectivity index (χ1v) is 6.94. The molecule has 0 atom stereocenters. The molecule has 1 aromatic heterocycles. The second-order valence-corrected chi connectivity index (χ2v) is 5.14. The van der Waals surface area contributed by atoms with E-state index >= 15 is 0 Å². The first kappa shape index (κ1) is 13.6. The fourth-order valence-electron chi connectivity index (χ4n) is 1.85. The predicted octanol–water partition coefficient (Wildman–Crippen LogP) is 2.44. The third-order valence-corrected chi connectivity index (χ3v) is 3.70. The van der Waals surface area contributed by atoms with Crippen molar-refractivity contribution in [1.29, 1.82) is 0 Å². The number of aryl methyl sites for hydroxylation is 1. The summed E-state index contributed by atoms with van der Waals surface area (Å²) in [7, 11) is 0. The van der Waals surface area contributed by atoms with Crippen molar-refractivity contribution in [1.82, 2.24) is 5.32 Å². The molecular formula is C14H17N3OS. The number of nitrogens with two attached hydrogens (primary N) is 1. The van der Waals surface area contributed by atoms with Gasteiger partial charge in [0, 0.05) is 18.7 Å². The summed E-state index contributed by atoms with van der Waals surface area (Å²) in [5.41, 5.74) is 9.94. The van der Waals surface area contributed by atoms with E-state index in [1.807, 2.05) is 25.1 Å². The molecule has 100 valence electrons. The molecule has 0 bridgehead atoms. The maximum Gasteiger partial charge on any atom is 0.170 e. The first-order valence-electron chi connectivity index (χ1n) is 6.00. The van der Waals surface area contributed by atoms with E-state index in [1.54, 1.807) is 11.3 Å². The highest BCUT2D eigenvalue weighted by Crippen LogP contribution is 2.12. The van der Waals surface area contributed by atoms with Crippen LogP contribution in [-0.2, 0) is 13.1 Å². The molecule has 0 saturated heterocycles. The molecule has 0 amide bonds. The predicted molar refractivity (Wildman–Crippen MR) is 78.6 cm³/mol. The van der Waals surface area contributed by atoms with Crippen molar-refractivity contribution in [2.75, 3.05) is 0 Å². The molecule has 0 aliphatic heterocycles. The SMILES string of the molecule is Cc1cc(/C(N)=N/O)ccc1CNCc1ccsc1. The van der Waals surface area contributed by atoms with Crippen molar-refractivity contribution < 1.29 is 5.21 Å². The number of oxime groups is 1. The lowest BCUT2D eigenvalue weighted by molar-refractivity contribution is 0.318. The van der Waals surface area contributed by atoms with Crippen LogP contribution < -0.4 is 11.1 Å². The average Bonchev–Trinajstić information content (AvgIpc) is 2.93. The summed E-state index contributed by atoms with van der Waals surface area (Å²) in [4.78, 5) is 0. The van der Waals surface area contributed by atoms with Crippen molar-refractivity contribution in [2.45, 2.75) is 20.0 Å². The van der Waals surface area contributed by atoms with Crippen molar-refractivity contribution >= 4 is 17.2 Å². The second kappa shape index (κ2) is 6.36. The molecule has 0 aliphatic rings. The number of thiophene rings is 1. The van der Waals surface area contributed by atoms with Crippen LogP contribution in [-0.4, -0.2) is 11.0 Å². The minimum atomic E-state index is 0.140. The molecule has 0 saturated carbocycles. The van der Waals surface area contributed by atoms with E-state index in [-0.39, 0.29) is 5.84 Å². The monoisotopic (exact) mass is 275 g/mol. The molecule has 4 nitrogen and oxygen atoms in total. The molecule has 2 rings (SSSR count). The summed E-state index contributed by atoms with van der Waals surface area (Å²) in [5, 5.41) is 19.3. The number of hydrogen-bond donors (Lipinski definition) is 3. The minimum absolute atomic E-state index is 0.140. The van der Waals surface area contributed by atoms with Crippen molar-refractivity contribution in [3.05, 3.63) is 57.3 Å². The van der Waals surface area contributed by atoms with Gasteiger partial charge in [0.2, 0.25) is 0 Å². The van der Waals surface area contributed by atoms with Gasteiger partial charge in [-0.25, -0.2) is 0 Å². The molecule has 0 radical (unpaired) electrons. The highest BCUT2D eigenvalue weighted by molar-refractivity contribution is 7.07. The summed E-state index contributed by atoms with van der Waals surface area (Å²) in [5.74, 6) is 0.140. The van der Waals surface area contributed by atoms with E-state index in [0.29, 0.717) is 0 Å². The lowest BCUT2D eigenvalue weighted by atomic mass is 10.0. The van der Waals surface area contributed by atoms with Gasteiger partial charge in [-0.3, -0.25) is 0 Å². The van der Waals surface area contributed by atoms with Gasteiger partial charge in [-0.2, -0.15) is 11.3 Å². The van der Waals surface area contributed by atoms with Gasteiger partial charge in [-0.15, -0.1) is 0 Å². The fraction of sp³-hybridized carbons (Fsp3) is 0.214. The summed E-state index contributed by atoms with van der Waals surface area (Å²) in [6.45, 7) is 3.69. The molecule has 19 heavy (non-hydrogen) atoms. The van der Waals surface area contributed by atoms with Crippen LogP contribution in [0.2, 0.25) is 0 Å². The van der Waals surface area contributed by atoms with Gasteiger partial charge in [-0.1, -0.05) is 17.3 Å². The highest BCUT2D eigenvalue weighted by Gasteiger charge is 2.03. The van der Waals surface area contributed by atoms with Crippen LogP contribution in [0.5, 0.6) is 0 Å². The Balaban J connectivity index is 1.97. The van der Waals surface area contributed by atoms with Crippen LogP contribution in [0.4, 0.5) is 0 Å². The molecular weight excluding hydrogens is 258 g/mol. The van der Waals surface area contributed by atoms with E-state index < -0.39 is 0 Å². The number of rotatable bonds is 5. The Morgan fingerprint density at radius 2 is 2.21 bits per heavy atom. The topological polar surface area (TPSA) is 70.6 Å². The van der Waals surface area contributed by atoms with Gasteiger partial charge in [-0.05, 0) is 46.5 Å². The van der Waals surface area contributed by atoms with E-state index in [2.05, 4.69) is 27.3 Å².